The molecule has 0 aliphatic heterocycles. The summed E-state index contributed by atoms with van der Waals surface area (Å²) >= 11 is 0. The van der Waals surface area contributed by atoms with Gasteiger partial charge in [0.2, 0.25) is 0 Å². The Morgan fingerprint density at radius 3 is 2.61 bits per heavy atom. The summed E-state index contributed by atoms with van der Waals surface area (Å²) in [6, 6.07) is 7.89. The van der Waals surface area contributed by atoms with E-state index in [-0.39, 0.29) is 5.56 Å². The van der Waals surface area contributed by atoms with Gasteiger partial charge < -0.3 is 9.84 Å². The molecule has 3 nitrogen and oxygen atoms in total. The third kappa shape index (κ3) is 2.49. The van der Waals surface area contributed by atoms with Gasteiger partial charge in [0, 0.05) is 29.1 Å². The third-order valence-electron chi connectivity index (χ3n) is 2.75. The molecule has 1 heterocycles. The number of aliphatic hydroxyl groups excluding tert-OH is 1. The number of hydrogen-bond donors (Lipinski definition) is 1. The number of aliphatic hydroxyl groups is 1. The first-order valence-electron chi connectivity index (χ1n) is 5.56. The van der Waals surface area contributed by atoms with E-state index in [1.165, 1.54) is 19.2 Å². The van der Waals surface area contributed by atoms with Crippen molar-refractivity contribution < 1.29 is 14.2 Å². The second kappa shape index (κ2) is 5.14. The van der Waals surface area contributed by atoms with E-state index in [2.05, 4.69) is 4.98 Å². The van der Waals surface area contributed by atoms with Gasteiger partial charge in [0.1, 0.15) is 17.7 Å². The topological polar surface area (TPSA) is 42.4 Å². The number of hydrogen-bond acceptors (Lipinski definition) is 3. The van der Waals surface area contributed by atoms with Crippen LogP contribution in [0.3, 0.4) is 0 Å². The molecule has 1 aromatic carbocycles. The molecular weight excluding hydrogens is 233 g/mol. The van der Waals surface area contributed by atoms with E-state index in [1.54, 1.807) is 24.4 Å². The predicted octanol–water partition coefficient (Wildman–Crippen LogP) is 2.62. The maximum atomic E-state index is 13.8. The lowest BCUT2D eigenvalue weighted by atomic mass is 10.0. The number of rotatable bonds is 3. The van der Waals surface area contributed by atoms with Crippen molar-refractivity contribution in [2.45, 2.75) is 13.0 Å². The number of nitrogens with zero attached hydrogens (tertiary/aromatic N) is 1. The van der Waals surface area contributed by atoms with Gasteiger partial charge in [-0.25, -0.2) is 4.39 Å². The molecule has 18 heavy (non-hydrogen) atoms. The molecule has 0 bridgehead atoms. The fraction of sp³-hybridized carbons (Fsp3) is 0.214. The maximum Gasteiger partial charge on any atom is 0.133 e. The molecule has 4 heteroatoms. The fourth-order valence-corrected chi connectivity index (χ4v) is 1.68. The highest BCUT2D eigenvalue weighted by Crippen LogP contribution is 2.26. The minimum absolute atomic E-state index is 0.210. The van der Waals surface area contributed by atoms with Gasteiger partial charge in [0.25, 0.3) is 0 Å². The van der Waals surface area contributed by atoms with Gasteiger partial charge in [-0.3, -0.25) is 4.98 Å². The average molecular weight is 247 g/mol. The first-order valence-corrected chi connectivity index (χ1v) is 5.56. The van der Waals surface area contributed by atoms with Crippen LogP contribution >= 0.6 is 0 Å². The van der Waals surface area contributed by atoms with E-state index < -0.39 is 11.9 Å². The third-order valence-corrected chi connectivity index (χ3v) is 2.75. The molecule has 1 N–H and O–H groups in total. The van der Waals surface area contributed by atoms with Crippen LogP contribution in [0.2, 0.25) is 0 Å². The first-order chi connectivity index (χ1) is 8.61. The molecule has 94 valence electrons. The van der Waals surface area contributed by atoms with Gasteiger partial charge in [-0.15, -0.1) is 0 Å². The summed E-state index contributed by atoms with van der Waals surface area (Å²) in [5.74, 6) is -0.0760. The van der Waals surface area contributed by atoms with Crippen LogP contribution in [-0.4, -0.2) is 17.2 Å². The molecule has 0 saturated heterocycles. The average Bonchev–Trinajstić information content (AvgIpc) is 2.38. The van der Waals surface area contributed by atoms with Crippen LogP contribution in [0, 0.1) is 12.7 Å². The zero-order valence-electron chi connectivity index (χ0n) is 10.2. The van der Waals surface area contributed by atoms with Crippen molar-refractivity contribution in [3.8, 4) is 5.75 Å². The molecule has 0 saturated carbocycles. The smallest absolute Gasteiger partial charge is 0.133 e. The molecule has 0 aliphatic rings. The van der Waals surface area contributed by atoms with Crippen LogP contribution < -0.4 is 4.74 Å². The summed E-state index contributed by atoms with van der Waals surface area (Å²) < 4.78 is 18.7. The zero-order valence-corrected chi connectivity index (χ0v) is 10.2. The van der Waals surface area contributed by atoms with E-state index in [9.17, 15) is 9.50 Å². The number of pyridine rings is 1. The molecule has 0 aliphatic carbocycles. The Morgan fingerprint density at radius 1 is 1.28 bits per heavy atom. The Morgan fingerprint density at radius 2 is 2.06 bits per heavy atom. The monoisotopic (exact) mass is 247 g/mol. The summed E-state index contributed by atoms with van der Waals surface area (Å²) in [7, 11) is 1.47. The van der Waals surface area contributed by atoms with Crippen molar-refractivity contribution in [2.24, 2.45) is 0 Å². The van der Waals surface area contributed by atoms with Gasteiger partial charge in [-0.1, -0.05) is 6.07 Å². The van der Waals surface area contributed by atoms with Crippen LogP contribution in [0.4, 0.5) is 4.39 Å². The molecule has 1 unspecified atom stereocenters. The van der Waals surface area contributed by atoms with E-state index in [0.717, 1.165) is 5.69 Å². The van der Waals surface area contributed by atoms with Crippen molar-refractivity contribution in [1.29, 1.82) is 0 Å². The van der Waals surface area contributed by atoms with Crippen LogP contribution in [-0.2, 0) is 0 Å². The number of benzene rings is 1. The Labute approximate surface area is 105 Å². The number of methoxy groups -OCH3 is 1. The van der Waals surface area contributed by atoms with E-state index >= 15 is 0 Å². The lowest BCUT2D eigenvalue weighted by Crippen LogP contribution is -2.03. The van der Waals surface area contributed by atoms with Crippen molar-refractivity contribution in [2.75, 3.05) is 7.11 Å². The standard InChI is InChI=1S/C14H14FNO2/c1-9-3-4-10(8-16-9)14(17)12-6-5-11(18-2)7-13(12)15/h3-8,14,17H,1-2H3. The van der Waals surface area contributed by atoms with Crippen molar-refractivity contribution in [3.63, 3.8) is 0 Å². The molecule has 0 fully saturated rings. The molecule has 2 rings (SSSR count). The second-order valence-electron chi connectivity index (χ2n) is 4.02. The van der Waals surface area contributed by atoms with E-state index in [4.69, 9.17) is 4.74 Å². The normalized spacial score (nSPS) is 12.2. The molecular formula is C14H14FNO2. The van der Waals surface area contributed by atoms with Gasteiger partial charge in [-0.05, 0) is 25.1 Å². The minimum atomic E-state index is -1.02. The van der Waals surface area contributed by atoms with Crippen LogP contribution in [0.1, 0.15) is 22.9 Å². The minimum Gasteiger partial charge on any atom is -0.497 e. The summed E-state index contributed by atoms with van der Waals surface area (Å²) in [6.07, 6.45) is 0.521. The van der Waals surface area contributed by atoms with E-state index in [1.807, 2.05) is 6.92 Å². The van der Waals surface area contributed by atoms with Gasteiger partial charge >= 0.3 is 0 Å². The Hall–Kier alpha value is -1.94. The van der Waals surface area contributed by atoms with Crippen molar-refractivity contribution in [3.05, 3.63) is 59.2 Å². The highest BCUT2D eigenvalue weighted by Gasteiger charge is 2.15. The second-order valence-corrected chi connectivity index (χ2v) is 4.02. The van der Waals surface area contributed by atoms with Gasteiger partial charge in [0.05, 0.1) is 7.11 Å². The summed E-state index contributed by atoms with van der Waals surface area (Å²) in [6.45, 7) is 1.85. The number of aromatic nitrogens is 1. The first kappa shape index (κ1) is 12.5. The summed E-state index contributed by atoms with van der Waals surface area (Å²) in [5, 5.41) is 10.1. The van der Waals surface area contributed by atoms with Crippen LogP contribution in [0.15, 0.2) is 36.5 Å². The summed E-state index contributed by atoms with van der Waals surface area (Å²) in [5.41, 5.74) is 1.62. The molecule has 0 amide bonds. The number of aryl methyl sites for hydroxylation is 1. The van der Waals surface area contributed by atoms with Crippen LogP contribution in [0.5, 0.6) is 5.75 Å². The molecule has 1 aromatic heterocycles. The van der Waals surface area contributed by atoms with Gasteiger partial charge in [0.15, 0.2) is 0 Å². The predicted molar refractivity (Wildman–Crippen MR) is 66.0 cm³/mol. The zero-order chi connectivity index (χ0) is 13.1. The highest BCUT2D eigenvalue weighted by atomic mass is 19.1. The Kier molecular flexibility index (Phi) is 3.58. The van der Waals surface area contributed by atoms with Crippen molar-refractivity contribution >= 4 is 0 Å². The maximum absolute atomic E-state index is 13.8. The number of halogens is 1. The van der Waals surface area contributed by atoms with Crippen molar-refractivity contribution in [1.82, 2.24) is 4.98 Å². The Bertz CT molecular complexity index is 540. The quantitative estimate of drug-likeness (QED) is 0.906. The SMILES string of the molecule is COc1ccc(C(O)c2ccc(C)nc2)c(F)c1. The van der Waals surface area contributed by atoms with Crippen LogP contribution in [0.25, 0.3) is 0 Å². The molecule has 2 aromatic rings. The molecule has 0 spiro atoms. The van der Waals surface area contributed by atoms with E-state index in [0.29, 0.717) is 11.3 Å². The molecule has 0 radical (unpaired) electrons. The highest BCUT2D eigenvalue weighted by molar-refractivity contribution is 5.34. The Balaban J connectivity index is 2.33. The molecule has 1 atom stereocenters. The lowest BCUT2D eigenvalue weighted by molar-refractivity contribution is 0.214. The number of ether oxygens (including phenoxy) is 1. The summed E-state index contributed by atoms with van der Waals surface area (Å²) in [4.78, 5) is 4.08. The van der Waals surface area contributed by atoms with Gasteiger partial charge in [-0.2, -0.15) is 0 Å². The lowest BCUT2D eigenvalue weighted by Gasteiger charge is -2.13. The fourth-order valence-electron chi connectivity index (χ4n) is 1.68. The largest absolute Gasteiger partial charge is 0.497 e.